The number of hydrogen-bond donors (Lipinski definition) is 2. The van der Waals surface area contributed by atoms with Gasteiger partial charge in [0.15, 0.2) is 5.96 Å². The third-order valence-corrected chi connectivity index (χ3v) is 4.06. The van der Waals surface area contributed by atoms with Crippen LogP contribution in [0.5, 0.6) is 0 Å². The van der Waals surface area contributed by atoms with E-state index in [1.807, 2.05) is 6.92 Å². The normalized spacial score (nSPS) is 11.0. The number of benzene rings is 1. The Morgan fingerprint density at radius 2 is 1.96 bits per heavy atom. The summed E-state index contributed by atoms with van der Waals surface area (Å²) in [6.07, 6.45) is 0.962. The van der Waals surface area contributed by atoms with Gasteiger partial charge in [0, 0.05) is 11.9 Å². The molecule has 0 amide bonds. The molecule has 0 atom stereocenters. The zero-order valence-electron chi connectivity index (χ0n) is 13.3. The minimum absolute atomic E-state index is 0. The van der Waals surface area contributed by atoms with Gasteiger partial charge in [-0.15, -0.1) is 35.3 Å². The summed E-state index contributed by atoms with van der Waals surface area (Å²) >= 11 is 1.68. The van der Waals surface area contributed by atoms with Crippen LogP contribution in [0.1, 0.15) is 30.1 Å². The average molecular weight is 448 g/mol. The maximum atomic E-state index is 12.9. The van der Waals surface area contributed by atoms with Crippen LogP contribution in [0.15, 0.2) is 34.6 Å². The number of aliphatic imine (C=N–C) groups is 1. The first-order chi connectivity index (χ1) is 10.7. The van der Waals surface area contributed by atoms with Crippen molar-refractivity contribution in [3.63, 3.8) is 0 Å². The Labute approximate surface area is 157 Å². The van der Waals surface area contributed by atoms with Crippen molar-refractivity contribution in [2.75, 3.05) is 6.54 Å². The molecule has 0 fully saturated rings. The van der Waals surface area contributed by atoms with Crippen LogP contribution in [0.25, 0.3) is 0 Å². The fourth-order valence-electron chi connectivity index (χ4n) is 1.87. The van der Waals surface area contributed by atoms with Gasteiger partial charge in [-0.05, 0) is 31.0 Å². The molecular formula is C16H22FIN4S. The Balaban J connectivity index is 0.00000264. The highest BCUT2D eigenvalue weighted by atomic mass is 127. The molecule has 0 unspecified atom stereocenters. The zero-order valence-corrected chi connectivity index (χ0v) is 16.5. The smallest absolute Gasteiger partial charge is 0.191 e. The molecule has 0 saturated heterocycles. The van der Waals surface area contributed by atoms with Gasteiger partial charge in [-0.1, -0.05) is 19.1 Å². The van der Waals surface area contributed by atoms with Crippen LogP contribution in [-0.4, -0.2) is 17.5 Å². The van der Waals surface area contributed by atoms with E-state index in [4.69, 9.17) is 0 Å². The highest BCUT2D eigenvalue weighted by Gasteiger charge is 2.02. The predicted octanol–water partition coefficient (Wildman–Crippen LogP) is 3.72. The molecule has 0 spiro atoms. The van der Waals surface area contributed by atoms with Gasteiger partial charge in [0.05, 0.1) is 23.8 Å². The highest BCUT2D eigenvalue weighted by Crippen LogP contribution is 2.09. The summed E-state index contributed by atoms with van der Waals surface area (Å²) in [5.74, 6) is 0.505. The van der Waals surface area contributed by atoms with Crippen LogP contribution < -0.4 is 10.6 Å². The highest BCUT2D eigenvalue weighted by molar-refractivity contribution is 14.0. The molecule has 7 heteroatoms. The number of guanidine groups is 1. The van der Waals surface area contributed by atoms with E-state index in [0.29, 0.717) is 13.1 Å². The Hall–Kier alpha value is -1.22. The quantitative estimate of drug-likeness (QED) is 0.403. The van der Waals surface area contributed by atoms with Crippen LogP contribution in [0.4, 0.5) is 4.39 Å². The Morgan fingerprint density at radius 3 is 2.57 bits per heavy atom. The molecule has 0 aliphatic heterocycles. The van der Waals surface area contributed by atoms with Crippen molar-refractivity contribution in [2.45, 2.75) is 33.4 Å². The number of thiazole rings is 1. The number of hydrogen-bond acceptors (Lipinski definition) is 3. The van der Waals surface area contributed by atoms with Crippen molar-refractivity contribution >= 4 is 41.3 Å². The topological polar surface area (TPSA) is 49.3 Å². The minimum atomic E-state index is -0.229. The second-order valence-electron chi connectivity index (χ2n) is 4.76. The fourth-order valence-corrected chi connectivity index (χ4v) is 2.61. The third kappa shape index (κ3) is 6.82. The number of aromatic nitrogens is 1. The molecule has 23 heavy (non-hydrogen) atoms. The maximum absolute atomic E-state index is 12.9. The largest absolute Gasteiger partial charge is 0.357 e. The van der Waals surface area contributed by atoms with E-state index in [9.17, 15) is 4.39 Å². The molecule has 2 N–H and O–H groups in total. The Morgan fingerprint density at radius 1 is 1.22 bits per heavy atom. The molecule has 0 aliphatic carbocycles. The fraction of sp³-hybridized carbons (Fsp3) is 0.375. The van der Waals surface area contributed by atoms with E-state index in [1.54, 1.807) is 23.5 Å². The van der Waals surface area contributed by atoms with Crippen molar-refractivity contribution in [3.8, 4) is 0 Å². The molecule has 0 bridgehead atoms. The minimum Gasteiger partial charge on any atom is -0.357 e. The average Bonchev–Trinajstić information content (AvgIpc) is 3.00. The van der Waals surface area contributed by atoms with Crippen molar-refractivity contribution < 1.29 is 4.39 Å². The standard InChI is InChI=1S/C16H21FN4S.HI/c1-3-15-21-14(11-22-15)10-20-16(18-4-2)19-9-12-5-7-13(17)8-6-12;/h5-8,11H,3-4,9-10H2,1-2H3,(H2,18,19,20);1H. The number of rotatable bonds is 6. The molecule has 126 valence electrons. The number of nitrogens with one attached hydrogen (secondary N) is 2. The third-order valence-electron chi connectivity index (χ3n) is 3.02. The van der Waals surface area contributed by atoms with Crippen LogP contribution in [-0.2, 0) is 19.5 Å². The summed E-state index contributed by atoms with van der Waals surface area (Å²) in [6.45, 7) is 6.06. The summed E-state index contributed by atoms with van der Waals surface area (Å²) in [7, 11) is 0. The summed E-state index contributed by atoms with van der Waals surface area (Å²) in [5, 5.41) is 9.67. The molecule has 1 aromatic heterocycles. The summed E-state index contributed by atoms with van der Waals surface area (Å²) in [4.78, 5) is 9.02. The van der Waals surface area contributed by atoms with Gasteiger partial charge in [0.2, 0.25) is 0 Å². The first-order valence-electron chi connectivity index (χ1n) is 7.41. The lowest BCUT2D eigenvalue weighted by molar-refractivity contribution is 0.627. The molecule has 1 heterocycles. The van der Waals surface area contributed by atoms with E-state index in [2.05, 4.69) is 32.9 Å². The first-order valence-corrected chi connectivity index (χ1v) is 8.29. The van der Waals surface area contributed by atoms with Gasteiger partial charge in [-0.25, -0.2) is 14.4 Å². The number of halogens is 2. The Bertz CT molecular complexity index is 613. The molecule has 4 nitrogen and oxygen atoms in total. The predicted molar refractivity (Wildman–Crippen MR) is 105 cm³/mol. The second-order valence-corrected chi connectivity index (χ2v) is 5.70. The zero-order chi connectivity index (χ0) is 15.8. The summed E-state index contributed by atoms with van der Waals surface area (Å²) in [5.41, 5.74) is 2.00. The SMILES string of the molecule is CCNC(=NCc1ccc(F)cc1)NCc1csc(CC)n1.I. The van der Waals surface area contributed by atoms with E-state index < -0.39 is 0 Å². The lowest BCUT2D eigenvalue weighted by Gasteiger charge is -2.10. The molecular weight excluding hydrogens is 426 g/mol. The molecule has 0 aliphatic rings. The van der Waals surface area contributed by atoms with Crippen LogP contribution in [0, 0.1) is 5.82 Å². The van der Waals surface area contributed by atoms with Gasteiger partial charge in [0.25, 0.3) is 0 Å². The van der Waals surface area contributed by atoms with Gasteiger partial charge in [-0.3, -0.25) is 0 Å². The van der Waals surface area contributed by atoms with Crippen LogP contribution >= 0.6 is 35.3 Å². The van der Waals surface area contributed by atoms with E-state index in [-0.39, 0.29) is 29.8 Å². The van der Waals surface area contributed by atoms with Gasteiger partial charge in [0.1, 0.15) is 5.82 Å². The monoisotopic (exact) mass is 448 g/mol. The number of aryl methyl sites for hydroxylation is 1. The lowest BCUT2D eigenvalue weighted by Crippen LogP contribution is -2.36. The van der Waals surface area contributed by atoms with Crippen molar-refractivity contribution in [1.29, 1.82) is 0 Å². The maximum Gasteiger partial charge on any atom is 0.191 e. The molecule has 1 aromatic carbocycles. The van der Waals surface area contributed by atoms with Crippen LogP contribution in [0.2, 0.25) is 0 Å². The Kier molecular flexibility index (Phi) is 9.08. The van der Waals surface area contributed by atoms with Crippen molar-refractivity contribution in [3.05, 3.63) is 51.7 Å². The lowest BCUT2D eigenvalue weighted by atomic mass is 10.2. The van der Waals surface area contributed by atoms with Gasteiger partial charge < -0.3 is 10.6 Å². The van der Waals surface area contributed by atoms with Gasteiger partial charge in [-0.2, -0.15) is 0 Å². The molecule has 2 rings (SSSR count). The van der Waals surface area contributed by atoms with Crippen LogP contribution in [0.3, 0.4) is 0 Å². The number of nitrogens with zero attached hydrogens (tertiary/aromatic N) is 2. The first kappa shape index (κ1) is 19.8. The second kappa shape index (κ2) is 10.5. The van der Waals surface area contributed by atoms with E-state index in [1.165, 1.54) is 12.1 Å². The van der Waals surface area contributed by atoms with E-state index in [0.717, 1.165) is 35.2 Å². The molecule has 0 saturated carbocycles. The van der Waals surface area contributed by atoms with E-state index >= 15 is 0 Å². The van der Waals surface area contributed by atoms with Crippen molar-refractivity contribution in [1.82, 2.24) is 15.6 Å². The molecule has 2 aromatic rings. The molecule has 0 radical (unpaired) electrons. The van der Waals surface area contributed by atoms with Gasteiger partial charge >= 0.3 is 0 Å². The summed E-state index contributed by atoms with van der Waals surface area (Å²) in [6, 6.07) is 6.40. The van der Waals surface area contributed by atoms with Crippen molar-refractivity contribution in [2.24, 2.45) is 4.99 Å². The summed E-state index contributed by atoms with van der Waals surface area (Å²) < 4.78 is 12.9.